The summed E-state index contributed by atoms with van der Waals surface area (Å²) < 4.78 is 6.62. The first-order valence-corrected chi connectivity index (χ1v) is 13.2. The van der Waals surface area contributed by atoms with Gasteiger partial charge in [-0.1, -0.05) is 32.0 Å². The van der Waals surface area contributed by atoms with E-state index in [1.54, 1.807) is 12.1 Å². The molecule has 6 heteroatoms. The molecule has 0 aromatic heterocycles. The standard InChI is InChI=1S/C32H34N2O3.ClH/c1-17-15-31(3,4)33-25-13-27-23(11-21(17)25)29(19-9-7-8-10-20(19)30(35)36)24-12-22-18(2)16-32(5,6)34-26(22)14-28(24)37-27;/h7-14,17-18,33H,15-16H2,1-6H3,(H,35,36);1H. The zero-order chi connectivity index (χ0) is 26.3. The molecule has 2 unspecified atom stereocenters. The van der Waals surface area contributed by atoms with Gasteiger partial charge in [-0.2, -0.15) is 0 Å². The summed E-state index contributed by atoms with van der Waals surface area (Å²) in [5, 5.41) is 15.8. The van der Waals surface area contributed by atoms with Gasteiger partial charge in [0.15, 0.2) is 5.54 Å². The van der Waals surface area contributed by atoms with Crippen molar-refractivity contribution in [3.05, 3.63) is 86.9 Å². The summed E-state index contributed by atoms with van der Waals surface area (Å²) in [7, 11) is 0. The van der Waals surface area contributed by atoms with E-state index in [2.05, 4.69) is 76.1 Å². The number of fused-ring (bicyclic) bond motifs is 4. The first kappa shape index (κ1) is 26.3. The van der Waals surface area contributed by atoms with Gasteiger partial charge in [0.2, 0.25) is 5.36 Å². The fraction of sp³-hybridized carbons (Fsp3) is 0.375. The van der Waals surface area contributed by atoms with Crippen LogP contribution in [0.2, 0.25) is 0 Å². The van der Waals surface area contributed by atoms with Gasteiger partial charge in [0, 0.05) is 45.6 Å². The Morgan fingerprint density at radius 2 is 1.66 bits per heavy atom. The number of carboxylic acid groups (broad SMARTS) is 1. The van der Waals surface area contributed by atoms with Crippen LogP contribution < -0.4 is 38.0 Å². The fourth-order valence-electron chi connectivity index (χ4n) is 6.81. The maximum Gasteiger partial charge on any atom is 0.336 e. The van der Waals surface area contributed by atoms with Crippen molar-refractivity contribution >= 4 is 17.2 Å². The summed E-state index contributed by atoms with van der Waals surface area (Å²) in [6.45, 7) is 13.4. The quantitative estimate of drug-likeness (QED) is 0.367. The summed E-state index contributed by atoms with van der Waals surface area (Å²) in [5.74, 6) is 1.30. The van der Waals surface area contributed by atoms with E-state index in [-0.39, 0.29) is 23.5 Å². The second kappa shape index (κ2) is 8.88. The van der Waals surface area contributed by atoms with Crippen LogP contribution in [-0.4, -0.2) is 22.2 Å². The molecular formula is C32H35ClN2O3. The molecule has 3 aromatic rings. The largest absolute Gasteiger partial charge is 1.00 e. The van der Waals surface area contributed by atoms with Crippen LogP contribution in [0, 0.1) is 0 Å². The van der Waals surface area contributed by atoms with E-state index < -0.39 is 5.97 Å². The van der Waals surface area contributed by atoms with Gasteiger partial charge in [-0.05, 0) is 75.3 Å². The third kappa shape index (κ3) is 4.27. The van der Waals surface area contributed by atoms with E-state index in [1.807, 2.05) is 12.1 Å². The Morgan fingerprint density at radius 1 is 0.947 bits per heavy atom. The van der Waals surface area contributed by atoms with Crippen LogP contribution in [0.1, 0.15) is 98.8 Å². The van der Waals surface area contributed by atoms with E-state index in [0.29, 0.717) is 23.0 Å². The van der Waals surface area contributed by atoms with Crippen molar-refractivity contribution in [2.24, 2.45) is 0 Å². The minimum atomic E-state index is -0.929. The molecule has 5 nitrogen and oxygen atoms in total. The molecule has 0 fully saturated rings. The predicted molar refractivity (Wildman–Crippen MR) is 145 cm³/mol. The Hall–Kier alpha value is -3.31. The zero-order valence-corrected chi connectivity index (χ0v) is 23.6. The maximum atomic E-state index is 12.3. The van der Waals surface area contributed by atoms with Gasteiger partial charge in [0.05, 0.1) is 11.6 Å². The average molecular weight is 531 g/mol. The minimum Gasteiger partial charge on any atom is -1.00 e. The molecule has 38 heavy (non-hydrogen) atoms. The molecule has 2 atom stereocenters. The summed E-state index contributed by atoms with van der Waals surface area (Å²) in [5.41, 5.74) is 6.43. The number of ether oxygens (including phenoxy) is 1. The van der Waals surface area contributed by atoms with Crippen LogP contribution in [0.5, 0.6) is 11.5 Å². The SMILES string of the molecule is CC1CC(C)(C)Nc2cc3c(cc21)C(c1ccccc1C(=O)O)=c1cc2c(cc1O3)=[NH+]C(C)(C)CC2C.[Cl-]. The number of nitrogens with one attached hydrogen (secondary N) is 2. The van der Waals surface area contributed by atoms with Gasteiger partial charge in [-0.15, -0.1) is 0 Å². The zero-order valence-electron chi connectivity index (χ0n) is 22.8. The summed E-state index contributed by atoms with van der Waals surface area (Å²) in [6.07, 6.45) is 2.04. The molecule has 3 aromatic carbocycles. The molecule has 3 heterocycles. The molecule has 0 aliphatic carbocycles. The van der Waals surface area contributed by atoms with Gasteiger partial charge in [-0.25, -0.2) is 9.79 Å². The number of halogens is 1. The van der Waals surface area contributed by atoms with Crippen molar-refractivity contribution in [3.63, 3.8) is 0 Å². The van der Waals surface area contributed by atoms with E-state index in [4.69, 9.17) is 4.74 Å². The molecule has 3 N–H and O–H groups in total. The number of aromatic carboxylic acids is 1. The molecule has 3 aliphatic rings. The molecular weight excluding hydrogens is 496 g/mol. The van der Waals surface area contributed by atoms with Crippen molar-refractivity contribution in [1.29, 1.82) is 0 Å². The molecule has 198 valence electrons. The van der Waals surface area contributed by atoms with Crippen LogP contribution in [0.4, 0.5) is 5.69 Å². The summed E-state index contributed by atoms with van der Waals surface area (Å²) in [6, 6.07) is 16.0. The first-order chi connectivity index (χ1) is 17.4. The van der Waals surface area contributed by atoms with Gasteiger partial charge in [-0.3, -0.25) is 0 Å². The highest BCUT2D eigenvalue weighted by atomic mass is 35.5. The van der Waals surface area contributed by atoms with Crippen molar-refractivity contribution in [1.82, 2.24) is 0 Å². The highest BCUT2D eigenvalue weighted by molar-refractivity contribution is 5.98. The number of hydrogen-bond donors (Lipinski definition) is 3. The Balaban J connectivity index is 0.00000294. The van der Waals surface area contributed by atoms with Gasteiger partial charge < -0.3 is 27.6 Å². The smallest absolute Gasteiger partial charge is 0.336 e. The van der Waals surface area contributed by atoms with Crippen molar-refractivity contribution < 1.29 is 32.0 Å². The van der Waals surface area contributed by atoms with Crippen molar-refractivity contribution in [2.75, 3.05) is 5.32 Å². The molecule has 0 saturated heterocycles. The van der Waals surface area contributed by atoms with Crippen molar-refractivity contribution in [2.45, 2.75) is 77.3 Å². The van der Waals surface area contributed by atoms with Crippen LogP contribution in [0.3, 0.4) is 0 Å². The van der Waals surface area contributed by atoms with Crippen LogP contribution in [-0.2, 0) is 0 Å². The molecule has 3 aliphatic heterocycles. The van der Waals surface area contributed by atoms with Gasteiger partial charge >= 0.3 is 5.97 Å². The Labute approximate surface area is 230 Å². The lowest BCUT2D eigenvalue weighted by Gasteiger charge is -2.38. The second-order valence-electron chi connectivity index (χ2n) is 12.4. The lowest BCUT2D eigenvalue weighted by atomic mass is 9.79. The number of carbonyl (C=O) groups is 1. The maximum absolute atomic E-state index is 12.3. The number of anilines is 1. The first-order valence-electron chi connectivity index (χ1n) is 13.2. The molecule has 0 spiro atoms. The number of hydrogen-bond acceptors (Lipinski definition) is 3. The number of benzene rings is 3. The number of carboxylic acids is 1. The highest BCUT2D eigenvalue weighted by Crippen LogP contribution is 2.46. The fourth-order valence-corrected chi connectivity index (χ4v) is 6.81. The van der Waals surface area contributed by atoms with E-state index in [9.17, 15) is 9.90 Å². The molecule has 0 amide bonds. The van der Waals surface area contributed by atoms with Crippen LogP contribution in [0.25, 0.3) is 5.57 Å². The van der Waals surface area contributed by atoms with Gasteiger partial charge in [0.25, 0.3) is 0 Å². The van der Waals surface area contributed by atoms with E-state index in [1.165, 1.54) is 11.1 Å². The highest BCUT2D eigenvalue weighted by Gasteiger charge is 2.35. The molecule has 0 bridgehead atoms. The van der Waals surface area contributed by atoms with Gasteiger partial charge in [0.1, 0.15) is 11.5 Å². The molecule has 6 rings (SSSR count). The topological polar surface area (TPSA) is 72.5 Å². The average Bonchev–Trinajstić information content (AvgIpc) is 2.79. The summed E-state index contributed by atoms with van der Waals surface area (Å²) >= 11 is 0. The lowest BCUT2D eigenvalue weighted by Crippen LogP contribution is -3.00. The van der Waals surface area contributed by atoms with E-state index in [0.717, 1.165) is 51.7 Å². The molecule has 0 radical (unpaired) electrons. The Morgan fingerprint density at radius 3 is 2.39 bits per heavy atom. The third-order valence-corrected chi connectivity index (χ3v) is 8.13. The summed E-state index contributed by atoms with van der Waals surface area (Å²) in [4.78, 5) is 16.0. The Bertz CT molecular complexity index is 1610. The molecule has 0 saturated carbocycles. The second-order valence-corrected chi connectivity index (χ2v) is 12.4. The monoisotopic (exact) mass is 530 g/mol. The van der Waals surface area contributed by atoms with Crippen molar-refractivity contribution in [3.8, 4) is 11.5 Å². The number of rotatable bonds is 2. The van der Waals surface area contributed by atoms with Crippen LogP contribution in [0.15, 0.2) is 48.5 Å². The lowest BCUT2D eigenvalue weighted by molar-refractivity contribution is -0.588. The van der Waals surface area contributed by atoms with Crippen LogP contribution >= 0.6 is 0 Å². The normalized spacial score (nSPS) is 21.7. The third-order valence-electron chi connectivity index (χ3n) is 8.13. The predicted octanol–water partition coefficient (Wildman–Crippen LogP) is 1.43. The Kier molecular flexibility index (Phi) is 6.14. The minimum absolute atomic E-state index is 0. The van der Waals surface area contributed by atoms with E-state index >= 15 is 0 Å².